The Bertz CT molecular complexity index is 309. The van der Waals surface area contributed by atoms with E-state index in [1.54, 1.807) is 0 Å². The van der Waals surface area contributed by atoms with Crippen molar-refractivity contribution in [2.45, 2.75) is 39.7 Å². The molecule has 1 aromatic rings. The van der Waals surface area contributed by atoms with Crippen molar-refractivity contribution >= 4 is 15.9 Å². The fourth-order valence-electron chi connectivity index (χ4n) is 1.73. The monoisotopic (exact) mass is 269 g/mol. The van der Waals surface area contributed by atoms with Gasteiger partial charge in [-0.3, -0.25) is 0 Å². The van der Waals surface area contributed by atoms with Gasteiger partial charge in [-0.15, -0.1) is 0 Å². The fraction of sp³-hybridized carbons (Fsp3) is 0.538. The van der Waals surface area contributed by atoms with Crippen LogP contribution >= 0.6 is 15.9 Å². The molecule has 2 heteroatoms. The number of benzene rings is 1. The van der Waals surface area contributed by atoms with E-state index in [1.807, 2.05) is 0 Å². The second-order valence-corrected chi connectivity index (χ2v) is 4.69. The van der Waals surface area contributed by atoms with Crippen molar-refractivity contribution in [1.82, 2.24) is 5.32 Å². The van der Waals surface area contributed by atoms with Gasteiger partial charge in [0, 0.05) is 10.5 Å². The molecular weight excluding hydrogens is 250 g/mol. The third kappa shape index (κ3) is 3.32. The predicted molar refractivity (Wildman–Crippen MR) is 70.2 cm³/mol. The second kappa shape index (κ2) is 6.29. The Morgan fingerprint density at radius 2 is 2.07 bits per heavy atom. The molecule has 0 spiro atoms. The highest BCUT2D eigenvalue weighted by atomic mass is 79.9. The minimum atomic E-state index is 0.472. The molecular formula is C13H20BrN. The molecule has 1 N–H and O–H groups in total. The van der Waals surface area contributed by atoms with Crippen molar-refractivity contribution in [3.8, 4) is 0 Å². The molecule has 0 bridgehead atoms. The quantitative estimate of drug-likeness (QED) is 0.845. The zero-order chi connectivity index (χ0) is 11.3. The lowest BCUT2D eigenvalue weighted by atomic mass is 10.0. The maximum Gasteiger partial charge on any atom is 0.0328 e. The lowest BCUT2D eigenvalue weighted by Crippen LogP contribution is -2.21. The van der Waals surface area contributed by atoms with Crippen molar-refractivity contribution < 1.29 is 0 Å². The average Bonchev–Trinajstić information content (AvgIpc) is 2.25. The first-order chi connectivity index (χ1) is 7.20. The first-order valence-electron chi connectivity index (χ1n) is 5.69. The molecule has 0 aliphatic rings. The summed E-state index contributed by atoms with van der Waals surface area (Å²) in [6.45, 7) is 7.64. The summed E-state index contributed by atoms with van der Waals surface area (Å²) in [5.41, 5.74) is 2.69. The Balaban J connectivity index is 2.86. The molecule has 0 amide bonds. The second-order valence-electron chi connectivity index (χ2n) is 3.89. The molecule has 0 aliphatic carbocycles. The molecule has 0 saturated heterocycles. The molecule has 84 valence electrons. The van der Waals surface area contributed by atoms with Crippen LogP contribution in [0, 0.1) is 6.92 Å². The highest BCUT2D eigenvalue weighted by molar-refractivity contribution is 9.10. The summed E-state index contributed by atoms with van der Waals surface area (Å²) in [4.78, 5) is 0. The van der Waals surface area contributed by atoms with Crippen molar-refractivity contribution in [2.24, 2.45) is 0 Å². The number of nitrogens with one attached hydrogen (secondary N) is 1. The van der Waals surface area contributed by atoms with Crippen LogP contribution in [0.15, 0.2) is 22.7 Å². The molecule has 0 fully saturated rings. The van der Waals surface area contributed by atoms with Crippen molar-refractivity contribution in [2.75, 3.05) is 6.54 Å². The van der Waals surface area contributed by atoms with Gasteiger partial charge in [-0.1, -0.05) is 48.0 Å². The predicted octanol–water partition coefficient (Wildman–Crippen LogP) is 4.21. The lowest BCUT2D eigenvalue weighted by molar-refractivity contribution is 0.516. The molecule has 1 rings (SSSR count). The van der Waals surface area contributed by atoms with Crippen molar-refractivity contribution in [3.63, 3.8) is 0 Å². The Morgan fingerprint density at radius 3 is 2.67 bits per heavy atom. The summed E-state index contributed by atoms with van der Waals surface area (Å²) in [6.07, 6.45) is 2.31. The van der Waals surface area contributed by atoms with Gasteiger partial charge in [0.05, 0.1) is 0 Å². The van der Waals surface area contributed by atoms with Crippen LogP contribution < -0.4 is 5.32 Å². The van der Waals surface area contributed by atoms with Crippen molar-refractivity contribution in [3.05, 3.63) is 33.8 Å². The van der Waals surface area contributed by atoms with E-state index in [0.717, 1.165) is 13.0 Å². The third-order valence-corrected chi connectivity index (χ3v) is 3.73. The molecule has 1 aromatic carbocycles. The number of rotatable bonds is 5. The Kier molecular flexibility index (Phi) is 5.34. The van der Waals surface area contributed by atoms with E-state index in [4.69, 9.17) is 0 Å². The number of hydrogen-bond acceptors (Lipinski definition) is 1. The van der Waals surface area contributed by atoms with E-state index in [-0.39, 0.29) is 0 Å². The Hall–Kier alpha value is -0.340. The van der Waals surface area contributed by atoms with E-state index in [1.165, 1.54) is 22.0 Å². The fourth-order valence-corrected chi connectivity index (χ4v) is 2.27. The van der Waals surface area contributed by atoms with Crippen LogP contribution in [0.2, 0.25) is 0 Å². The zero-order valence-corrected chi connectivity index (χ0v) is 11.4. The minimum Gasteiger partial charge on any atom is -0.310 e. The van der Waals surface area contributed by atoms with Gasteiger partial charge in [-0.25, -0.2) is 0 Å². The Morgan fingerprint density at radius 1 is 1.33 bits per heavy atom. The number of aryl methyl sites for hydroxylation is 1. The maximum absolute atomic E-state index is 3.67. The van der Waals surface area contributed by atoms with Gasteiger partial charge in [0.25, 0.3) is 0 Å². The van der Waals surface area contributed by atoms with Gasteiger partial charge in [-0.2, -0.15) is 0 Å². The minimum absolute atomic E-state index is 0.472. The zero-order valence-electron chi connectivity index (χ0n) is 9.81. The normalized spacial score (nSPS) is 12.8. The highest BCUT2D eigenvalue weighted by Gasteiger charge is 2.12. The van der Waals surface area contributed by atoms with Crippen molar-refractivity contribution in [1.29, 1.82) is 0 Å². The molecule has 15 heavy (non-hydrogen) atoms. The van der Waals surface area contributed by atoms with Crippen LogP contribution in [0.4, 0.5) is 0 Å². The summed E-state index contributed by atoms with van der Waals surface area (Å²) < 4.78 is 1.25. The summed E-state index contributed by atoms with van der Waals surface area (Å²) in [5, 5.41) is 3.57. The number of hydrogen-bond donors (Lipinski definition) is 1. The summed E-state index contributed by atoms with van der Waals surface area (Å²) >= 11 is 3.67. The first kappa shape index (κ1) is 12.7. The molecule has 1 nitrogen and oxygen atoms in total. The van der Waals surface area contributed by atoms with Gasteiger partial charge in [0.15, 0.2) is 0 Å². The van der Waals surface area contributed by atoms with Gasteiger partial charge >= 0.3 is 0 Å². The van der Waals surface area contributed by atoms with Crippen LogP contribution in [0.3, 0.4) is 0 Å². The molecule has 0 heterocycles. The van der Waals surface area contributed by atoms with Gasteiger partial charge < -0.3 is 5.32 Å². The van der Waals surface area contributed by atoms with Crippen LogP contribution in [0.5, 0.6) is 0 Å². The van der Waals surface area contributed by atoms with Crippen LogP contribution in [-0.2, 0) is 0 Å². The van der Waals surface area contributed by atoms with Crippen LogP contribution in [0.25, 0.3) is 0 Å². The van der Waals surface area contributed by atoms with Gasteiger partial charge in [-0.05, 0) is 37.4 Å². The largest absolute Gasteiger partial charge is 0.310 e. The van der Waals surface area contributed by atoms with Crippen LogP contribution in [-0.4, -0.2) is 6.54 Å². The van der Waals surface area contributed by atoms with E-state index in [0.29, 0.717) is 6.04 Å². The van der Waals surface area contributed by atoms with Gasteiger partial charge in [0.2, 0.25) is 0 Å². The SMILES string of the molecule is CCCNC(CC)c1cccc(C)c1Br. The van der Waals surface area contributed by atoms with Gasteiger partial charge in [0.1, 0.15) is 0 Å². The number of halogens is 1. The molecule has 0 aliphatic heterocycles. The summed E-state index contributed by atoms with van der Waals surface area (Å²) in [7, 11) is 0. The van der Waals surface area contributed by atoms with E-state index < -0.39 is 0 Å². The Labute approximate surface area is 101 Å². The topological polar surface area (TPSA) is 12.0 Å². The molecule has 1 unspecified atom stereocenters. The molecule has 0 radical (unpaired) electrons. The average molecular weight is 270 g/mol. The smallest absolute Gasteiger partial charge is 0.0328 e. The first-order valence-corrected chi connectivity index (χ1v) is 6.48. The third-order valence-electron chi connectivity index (χ3n) is 2.65. The maximum atomic E-state index is 3.67. The summed E-state index contributed by atoms with van der Waals surface area (Å²) in [6, 6.07) is 6.94. The molecule has 1 atom stereocenters. The molecule has 0 aromatic heterocycles. The van der Waals surface area contributed by atoms with E-state index in [9.17, 15) is 0 Å². The lowest BCUT2D eigenvalue weighted by Gasteiger charge is -2.19. The standard InChI is InChI=1S/C13H20BrN/c1-4-9-15-12(5-2)11-8-6-7-10(3)13(11)14/h6-8,12,15H,4-5,9H2,1-3H3. The van der Waals surface area contributed by atoms with E-state index in [2.05, 4.69) is 60.2 Å². The molecule has 0 saturated carbocycles. The highest BCUT2D eigenvalue weighted by Crippen LogP contribution is 2.28. The van der Waals surface area contributed by atoms with Crippen LogP contribution in [0.1, 0.15) is 43.9 Å². The van der Waals surface area contributed by atoms with E-state index >= 15 is 0 Å². The summed E-state index contributed by atoms with van der Waals surface area (Å²) in [5.74, 6) is 0.